The molecule has 0 saturated heterocycles. The predicted octanol–water partition coefficient (Wildman–Crippen LogP) is 2.50. The van der Waals surface area contributed by atoms with Crippen LogP contribution in [0.3, 0.4) is 0 Å². The van der Waals surface area contributed by atoms with E-state index in [1.54, 1.807) is 24.3 Å². The quantitative estimate of drug-likeness (QED) is 0.842. The van der Waals surface area contributed by atoms with Crippen molar-refractivity contribution in [3.63, 3.8) is 0 Å². The number of sulfonamides is 1. The van der Waals surface area contributed by atoms with E-state index >= 15 is 0 Å². The second-order valence-electron chi connectivity index (χ2n) is 5.07. The monoisotopic (exact) mass is 343 g/mol. The lowest BCUT2D eigenvalue weighted by Gasteiger charge is -2.08. The topological polar surface area (TPSA) is 99.1 Å². The first kappa shape index (κ1) is 17.7. The van der Waals surface area contributed by atoms with Gasteiger partial charge in [-0.2, -0.15) is 5.26 Å². The molecule has 0 aliphatic rings. The van der Waals surface area contributed by atoms with Crippen LogP contribution in [0.4, 0.5) is 5.69 Å². The van der Waals surface area contributed by atoms with Gasteiger partial charge in [0.15, 0.2) is 0 Å². The van der Waals surface area contributed by atoms with E-state index < -0.39 is 10.0 Å². The molecule has 0 aliphatic carbocycles. The molecule has 0 atom stereocenters. The molecule has 2 N–H and O–H groups in total. The molecule has 0 saturated carbocycles. The lowest BCUT2D eigenvalue weighted by Crippen LogP contribution is -2.24. The summed E-state index contributed by atoms with van der Waals surface area (Å²) in [5, 5.41) is 11.4. The molecule has 1 amide bonds. The highest BCUT2D eigenvalue weighted by atomic mass is 32.2. The van der Waals surface area contributed by atoms with Crippen LogP contribution in [-0.2, 0) is 10.0 Å². The van der Waals surface area contributed by atoms with Gasteiger partial charge in [-0.3, -0.25) is 4.79 Å². The van der Waals surface area contributed by atoms with Crippen molar-refractivity contribution in [2.45, 2.75) is 18.2 Å². The van der Waals surface area contributed by atoms with E-state index in [-0.39, 0.29) is 10.8 Å². The Morgan fingerprint density at radius 3 is 2.25 bits per heavy atom. The Morgan fingerprint density at radius 2 is 1.71 bits per heavy atom. The zero-order valence-electron chi connectivity index (χ0n) is 13.1. The van der Waals surface area contributed by atoms with Gasteiger partial charge in [0.25, 0.3) is 5.91 Å². The van der Waals surface area contributed by atoms with Gasteiger partial charge in [0.05, 0.1) is 16.5 Å². The number of amides is 1. The number of rotatable bonds is 6. The Balaban J connectivity index is 2.09. The molecule has 2 aromatic rings. The number of carbonyl (C=O) groups is 1. The van der Waals surface area contributed by atoms with Crippen LogP contribution in [0.15, 0.2) is 53.4 Å². The molecule has 124 valence electrons. The molecular formula is C17H17N3O3S. The number of hydrogen-bond donors (Lipinski definition) is 2. The highest BCUT2D eigenvalue weighted by Gasteiger charge is 2.14. The maximum atomic E-state index is 12.2. The molecule has 24 heavy (non-hydrogen) atoms. The molecule has 0 unspecified atom stereocenters. The van der Waals surface area contributed by atoms with Gasteiger partial charge in [0, 0.05) is 17.8 Å². The summed E-state index contributed by atoms with van der Waals surface area (Å²) in [5.41, 5.74) is 1.40. The van der Waals surface area contributed by atoms with E-state index in [0.29, 0.717) is 29.8 Å². The van der Waals surface area contributed by atoms with Gasteiger partial charge < -0.3 is 5.32 Å². The zero-order chi connectivity index (χ0) is 17.6. The second-order valence-corrected chi connectivity index (χ2v) is 6.83. The summed E-state index contributed by atoms with van der Waals surface area (Å²) in [6.45, 7) is 2.24. The van der Waals surface area contributed by atoms with Gasteiger partial charge in [0.1, 0.15) is 0 Å². The van der Waals surface area contributed by atoms with E-state index in [2.05, 4.69) is 10.0 Å². The van der Waals surface area contributed by atoms with E-state index in [9.17, 15) is 13.2 Å². The van der Waals surface area contributed by atoms with Crippen molar-refractivity contribution >= 4 is 21.6 Å². The number of anilines is 1. The number of hydrogen-bond acceptors (Lipinski definition) is 4. The fraction of sp³-hybridized carbons (Fsp3) is 0.176. The van der Waals surface area contributed by atoms with Gasteiger partial charge in [-0.15, -0.1) is 0 Å². The van der Waals surface area contributed by atoms with Crippen LogP contribution in [-0.4, -0.2) is 20.9 Å². The number of nitriles is 1. The van der Waals surface area contributed by atoms with Gasteiger partial charge in [-0.1, -0.05) is 6.92 Å². The lowest BCUT2D eigenvalue weighted by molar-refractivity contribution is 0.102. The van der Waals surface area contributed by atoms with Crippen LogP contribution in [0, 0.1) is 11.3 Å². The molecule has 0 aromatic heterocycles. The zero-order valence-corrected chi connectivity index (χ0v) is 13.9. The van der Waals surface area contributed by atoms with E-state index in [1.165, 1.54) is 24.3 Å². The third-order valence-corrected chi connectivity index (χ3v) is 4.72. The van der Waals surface area contributed by atoms with Gasteiger partial charge in [-0.25, -0.2) is 13.1 Å². The average molecular weight is 343 g/mol. The van der Waals surface area contributed by atoms with Crippen molar-refractivity contribution in [1.82, 2.24) is 4.72 Å². The predicted molar refractivity (Wildman–Crippen MR) is 91.0 cm³/mol. The molecule has 0 aliphatic heterocycles. The highest BCUT2D eigenvalue weighted by Crippen LogP contribution is 2.14. The minimum Gasteiger partial charge on any atom is -0.322 e. The molecular weight excluding hydrogens is 326 g/mol. The van der Waals surface area contributed by atoms with Gasteiger partial charge >= 0.3 is 0 Å². The van der Waals surface area contributed by atoms with Crippen LogP contribution in [0.5, 0.6) is 0 Å². The summed E-state index contributed by atoms with van der Waals surface area (Å²) < 4.78 is 26.4. The summed E-state index contributed by atoms with van der Waals surface area (Å²) >= 11 is 0. The van der Waals surface area contributed by atoms with Crippen molar-refractivity contribution in [2.75, 3.05) is 11.9 Å². The van der Waals surface area contributed by atoms with Crippen molar-refractivity contribution in [3.8, 4) is 6.07 Å². The number of benzene rings is 2. The molecule has 0 heterocycles. The Morgan fingerprint density at radius 1 is 1.08 bits per heavy atom. The molecule has 0 radical (unpaired) electrons. The van der Waals surface area contributed by atoms with Crippen molar-refractivity contribution in [3.05, 3.63) is 59.7 Å². The number of carbonyl (C=O) groups excluding carboxylic acids is 1. The number of nitrogens with one attached hydrogen (secondary N) is 2. The Kier molecular flexibility index (Phi) is 5.68. The SMILES string of the molecule is CCCNS(=O)(=O)c1ccc(C(=O)Nc2ccc(C#N)cc2)cc1. The normalized spacial score (nSPS) is 10.8. The molecule has 0 spiro atoms. The smallest absolute Gasteiger partial charge is 0.255 e. The van der Waals surface area contributed by atoms with Crippen molar-refractivity contribution in [1.29, 1.82) is 5.26 Å². The van der Waals surface area contributed by atoms with Crippen molar-refractivity contribution in [2.24, 2.45) is 0 Å². The van der Waals surface area contributed by atoms with E-state index in [4.69, 9.17) is 5.26 Å². The van der Waals surface area contributed by atoms with Crippen LogP contribution in [0.2, 0.25) is 0 Å². The summed E-state index contributed by atoms with van der Waals surface area (Å²) in [7, 11) is -3.54. The highest BCUT2D eigenvalue weighted by molar-refractivity contribution is 7.89. The molecule has 2 rings (SSSR count). The molecule has 0 bridgehead atoms. The lowest BCUT2D eigenvalue weighted by atomic mass is 10.2. The first-order chi connectivity index (χ1) is 11.5. The van der Waals surface area contributed by atoms with Crippen LogP contribution >= 0.6 is 0 Å². The van der Waals surface area contributed by atoms with Gasteiger partial charge in [-0.05, 0) is 55.0 Å². The minimum atomic E-state index is -3.54. The Bertz CT molecular complexity index is 851. The van der Waals surface area contributed by atoms with E-state index in [0.717, 1.165) is 0 Å². The third-order valence-electron chi connectivity index (χ3n) is 3.24. The number of nitrogens with zero attached hydrogens (tertiary/aromatic N) is 1. The summed E-state index contributed by atoms with van der Waals surface area (Å²) in [6.07, 6.45) is 0.699. The summed E-state index contributed by atoms with van der Waals surface area (Å²) in [6, 6.07) is 14.2. The van der Waals surface area contributed by atoms with E-state index in [1.807, 2.05) is 13.0 Å². The summed E-state index contributed by atoms with van der Waals surface area (Å²) in [4.78, 5) is 12.3. The fourth-order valence-electron chi connectivity index (χ4n) is 1.94. The molecule has 2 aromatic carbocycles. The van der Waals surface area contributed by atoms with Crippen LogP contribution in [0.25, 0.3) is 0 Å². The van der Waals surface area contributed by atoms with Crippen LogP contribution in [0.1, 0.15) is 29.3 Å². The second kappa shape index (κ2) is 7.73. The largest absolute Gasteiger partial charge is 0.322 e. The molecule has 6 nitrogen and oxygen atoms in total. The first-order valence-electron chi connectivity index (χ1n) is 7.37. The minimum absolute atomic E-state index is 0.117. The fourth-order valence-corrected chi connectivity index (χ4v) is 3.07. The first-order valence-corrected chi connectivity index (χ1v) is 8.86. The van der Waals surface area contributed by atoms with Crippen molar-refractivity contribution < 1.29 is 13.2 Å². The molecule has 7 heteroatoms. The maximum Gasteiger partial charge on any atom is 0.255 e. The van der Waals surface area contributed by atoms with Gasteiger partial charge in [0.2, 0.25) is 10.0 Å². The Hall–Kier alpha value is -2.69. The standard InChI is InChI=1S/C17H17N3O3S/c1-2-11-19-24(22,23)16-9-5-14(6-10-16)17(21)20-15-7-3-13(12-18)4-8-15/h3-10,19H,2,11H2,1H3,(H,20,21). The average Bonchev–Trinajstić information content (AvgIpc) is 2.60. The molecule has 0 fully saturated rings. The maximum absolute atomic E-state index is 12.2. The third kappa shape index (κ3) is 4.41. The van der Waals surface area contributed by atoms with Crippen LogP contribution < -0.4 is 10.0 Å². The summed E-state index contributed by atoms with van der Waals surface area (Å²) in [5.74, 6) is -0.356. The Labute approximate surface area is 141 Å².